The molecule has 4 heteroatoms. The maximum absolute atomic E-state index is 5.81. The van der Waals surface area contributed by atoms with Crippen LogP contribution in [0.2, 0.25) is 0 Å². The molecule has 0 aliphatic rings. The van der Waals surface area contributed by atoms with Gasteiger partial charge in [0, 0.05) is 6.42 Å². The number of ether oxygens (including phenoxy) is 1. The normalized spacial score (nSPS) is 10.5. The van der Waals surface area contributed by atoms with Gasteiger partial charge in [-0.1, -0.05) is 19.4 Å². The number of nitrogen functional groups attached to an aromatic ring is 1. The van der Waals surface area contributed by atoms with Crippen LogP contribution >= 0.6 is 0 Å². The van der Waals surface area contributed by atoms with E-state index in [1.54, 1.807) is 0 Å². The fourth-order valence-electron chi connectivity index (χ4n) is 1.37. The molecule has 4 nitrogen and oxygen atoms in total. The molecule has 0 radical (unpaired) electrons. The van der Waals surface area contributed by atoms with Gasteiger partial charge in [-0.15, -0.1) is 6.58 Å². The molecule has 0 aliphatic carbocycles. The van der Waals surface area contributed by atoms with Gasteiger partial charge in [0.2, 0.25) is 5.88 Å². The van der Waals surface area contributed by atoms with E-state index in [1.807, 2.05) is 20.8 Å². The molecule has 1 aromatic rings. The summed E-state index contributed by atoms with van der Waals surface area (Å²) >= 11 is 0. The van der Waals surface area contributed by atoms with Gasteiger partial charge in [-0.25, -0.2) is 9.97 Å². The lowest BCUT2D eigenvalue weighted by atomic mass is 10.1. The summed E-state index contributed by atoms with van der Waals surface area (Å²) in [6.45, 7) is 10.5. The Kier molecular flexibility index (Phi) is 4.28. The van der Waals surface area contributed by atoms with Gasteiger partial charge in [0.05, 0.1) is 12.2 Å². The lowest BCUT2D eigenvalue weighted by molar-refractivity contribution is 0.304. The zero-order chi connectivity index (χ0) is 12.1. The van der Waals surface area contributed by atoms with Gasteiger partial charge in [0.25, 0.3) is 0 Å². The molecule has 2 N–H and O–H groups in total. The van der Waals surface area contributed by atoms with Crippen molar-refractivity contribution in [3.8, 4) is 5.88 Å². The van der Waals surface area contributed by atoms with Crippen molar-refractivity contribution >= 4 is 5.82 Å². The zero-order valence-corrected chi connectivity index (χ0v) is 10.2. The van der Waals surface area contributed by atoms with Crippen molar-refractivity contribution in [3.05, 3.63) is 24.0 Å². The molecule has 0 fully saturated rings. The average Bonchev–Trinajstić information content (AvgIpc) is 2.16. The van der Waals surface area contributed by atoms with E-state index in [1.165, 1.54) is 6.33 Å². The van der Waals surface area contributed by atoms with Crippen LogP contribution in [-0.4, -0.2) is 16.6 Å². The smallest absolute Gasteiger partial charge is 0.222 e. The highest BCUT2D eigenvalue weighted by Crippen LogP contribution is 2.28. The first-order chi connectivity index (χ1) is 7.52. The van der Waals surface area contributed by atoms with Crippen LogP contribution < -0.4 is 10.5 Å². The Hall–Kier alpha value is -1.58. The topological polar surface area (TPSA) is 61.0 Å². The molecule has 0 spiro atoms. The summed E-state index contributed by atoms with van der Waals surface area (Å²) in [6, 6.07) is 0. The van der Waals surface area contributed by atoms with E-state index in [0.29, 0.717) is 18.3 Å². The molecule has 0 aromatic carbocycles. The van der Waals surface area contributed by atoms with Crippen LogP contribution in [0.4, 0.5) is 5.82 Å². The van der Waals surface area contributed by atoms with Crippen molar-refractivity contribution in [2.45, 2.75) is 33.1 Å². The molecule has 1 rings (SSSR count). The fraction of sp³-hybridized carbons (Fsp3) is 0.500. The van der Waals surface area contributed by atoms with Crippen LogP contribution in [0.1, 0.15) is 38.7 Å². The van der Waals surface area contributed by atoms with Gasteiger partial charge in [0.15, 0.2) is 0 Å². The van der Waals surface area contributed by atoms with Crippen molar-refractivity contribution in [2.24, 2.45) is 0 Å². The third-order valence-corrected chi connectivity index (χ3v) is 2.22. The SMILES string of the molecule is C=C(C)CCOc1ncnc(N)c1C(C)C. The number of hydrogen-bond donors (Lipinski definition) is 1. The van der Waals surface area contributed by atoms with E-state index >= 15 is 0 Å². The van der Waals surface area contributed by atoms with Crippen LogP contribution in [0.5, 0.6) is 5.88 Å². The molecule has 0 amide bonds. The van der Waals surface area contributed by atoms with Crippen LogP contribution in [0.15, 0.2) is 18.5 Å². The van der Waals surface area contributed by atoms with E-state index in [4.69, 9.17) is 10.5 Å². The quantitative estimate of drug-likeness (QED) is 0.776. The molecule has 1 heterocycles. The molecule has 16 heavy (non-hydrogen) atoms. The van der Waals surface area contributed by atoms with E-state index < -0.39 is 0 Å². The van der Waals surface area contributed by atoms with Crippen molar-refractivity contribution in [1.29, 1.82) is 0 Å². The monoisotopic (exact) mass is 221 g/mol. The second-order valence-electron chi connectivity index (χ2n) is 4.19. The number of aromatic nitrogens is 2. The van der Waals surface area contributed by atoms with Crippen LogP contribution in [-0.2, 0) is 0 Å². The van der Waals surface area contributed by atoms with Gasteiger partial charge in [-0.3, -0.25) is 0 Å². The molecular weight excluding hydrogens is 202 g/mol. The Morgan fingerprint density at radius 1 is 1.50 bits per heavy atom. The molecule has 0 unspecified atom stereocenters. The first-order valence-corrected chi connectivity index (χ1v) is 5.40. The lowest BCUT2D eigenvalue weighted by Crippen LogP contribution is -2.07. The minimum atomic E-state index is 0.251. The molecular formula is C12H19N3O. The zero-order valence-electron chi connectivity index (χ0n) is 10.2. The van der Waals surface area contributed by atoms with Gasteiger partial charge >= 0.3 is 0 Å². The Bertz CT molecular complexity index is 375. The predicted octanol–water partition coefficient (Wildman–Crippen LogP) is 2.53. The van der Waals surface area contributed by atoms with E-state index in [9.17, 15) is 0 Å². The van der Waals surface area contributed by atoms with E-state index in [0.717, 1.165) is 17.6 Å². The van der Waals surface area contributed by atoms with Crippen LogP contribution in [0.3, 0.4) is 0 Å². The molecule has 0 saturated heterocycles. The summed E-state index contributed by atoms with van der Waals surface area (Å²) in [6.07, 6.45) is 2.25. The summed E-state index contributed by atoms with van der Waals surface area (Å²) < 4.78 is 5.60. The van der Waals surface area contributed by atoms with Gasteiger partial charge in [-0.2, -0.15) is 0 Å². The van der Waals surface area contributed by atoms with E-state index in [-0.39, 0.29) is 5.92 Å². The highest BCUT2D eigenvalue weighted by Gasteiger charge is 2.13. The van der Waals surface area contributed by atoms with Crippen molar-refractivity contribution in [1.82, 2.24) is 9.97 Å². The number of rotatable bonds is 5. The van der Waals surface area contributed by atoms with Crippen molar-refractivity contribution in [3.63, 3.8) is 0 Å². The Morgan fingerprint density at radius 2 is 2.19 bits per heavy atom. The fourth-order valence-corrected chi connectivity index (χ4v) is 1.37. The minimum absolute atomic E-state index is 0.251. The number of anilines is 1. The third kappa shape index (κ3) is 3.22. The average molecular weight is 221 g/mol. The summed E-state index contributed by atoms with van der Waals surface area (Å²) in [5.41, 5.74) is 7.77. The highest BCUT2D eigenvalue weighted by atomic mass is 16.5. The standard InChI is InChI=1S/C12H19N3O/c1-8(2)5-6-16-12-10(9(3)4)11(13)14-7-15-12/h7,9H,1,5-6H2,2-4H3,(H2,13,14,15). The van der Waals surface area contributed by atoms with Crippen molar-refractivity contribution in [2.75, 3.05) is 12.3 Å². The summed E-state index contributed by atoms with van der Waals surface area (Å²) in [5, 5.41) is 0. The number of nitrogens with two attached hydrogens (primary N) is 1. The van der Waals surface area contributed by atoms with Gasteiger partial charge in [0.1, 0.15) is 12.1 Å². The highest BCUT2D eigenvalue weighted by molar-refractivity contribution is 5.46. The number of nitrogens with zero attached hydrogens (tertiary/aromatic N) is 2. The molecule has 0 saturated carbocycles. The summed E-state index contributed by atoms with van der Waals surface area (Å²) in [4.78, 5) is 8.09. The first-order valence-electron chi connectivity index (χ1n) is 5.40. The Morgan fingerprint density at radius 3 is 2.75 bits per heavy atom. The molecule has 0 aliphatic heterocycles. The summed E-state index contributed by atoms with van der Waals surface area (Å²) in [5.74, 6) is 1.33. The van der Waals surface area contributed by atoms with Crippen molar-refractivity contribution < 1.29 is 4.74 Å². The first kappa shape index (κ1) is 12.5. The molecule has 88 valence electrons. The Balaban J connectivity index is 2.79. The predicted molar refractivity (Wildman–Crippen MR) is 65.5 cm³/mol. The Labute approximate surface area is 96.6 Å². The second-order valence-corrected chi connectivity index (χ2v) is 4.19. The maximum atomic E-state index is 5.81. The lowest BCUT2D eigenvalue weighted by Gasteiger charge is -2.13. The molecule has 0 atom stereocenters. The molecule has 0 bridgehead atoms. The van der Waals surface area contributed by atoms with Gasteiger partial charge < -0.3 is 10.5 Å². The summed E-state index contributed by atoms with van der Waals surface area (Å²) in [7, 11) is 0. The minimum Gasteiger partial charge on any atom is -0.477 e. The second kappa shape index (κ2) is 5.49. The van der Waals surface area contributed by atoms with Crippen LogP contribution in [0, 0.1) is 0 Å². The van der Waals surface area contributed by atoms with E-state index in [2.05, 4.69) is 16.5 Å². The third-order valence-electron chi connectivity index (χ3n) is 2.22. The molecule has 1 aromatic heterocycles. The largest absolute Gasteiger partial charge is 0.477 e. The maximum Gasteiger partial charge on any atom is 0.222 e. The number of hydrogen-bond acceptors (Lipinski definition) is 4. The van der Waals surface area contributed by atoms with Crippen LogP contribution in [0.25, 0.3) is 0 Å². The van der Waals surface area contributed by atoms with Gasteiger partial charge in [-0.05, 0) is 12.8 Å².